The maximum Gasteiger partial charge on any atom is 0.303 e. The summed E-state index contributed by atoms with van der Waals surface area (Å²) < 4.78 is 28.0. The standard InChI is InChI=1S/C13H17NO6S/c1-20-11-6-5-9(21(2,18)19)8-10(11)13(17)14-7-3-4-12(15)16/h5-6,8H,3-4,7H2,1-2H3,(H,14,17)(H,15,16). The van der Waals surface area contributed by atoms with Crippen LogP contribution in [0.15, 0.2) is 23.1 Å². The van der Waals surface area contributed by atoms with Gasteiger partial charge in [-0.25, -0.2) is 8.42 Å². The Morgan fingerprint density at radius 2 is 2.00 bits per heavy atom. The number of amides is 1. The molecule has 0 aliphatic heterocycles. The van der Waals surface area contributed by atoms with Crippen molar-refractivity contribution in [2.45, 2.75) is 17.7 Å². The first kappa shape index (κ1) is 17.0. The van der Waals surface area contributed by atoms with E-state index in [1.54, 1.807) is 0 Å². The van der Waals surface area contributed by atoms with Crippen LogP contribution >= 0.6 is 0 Å². The zero-order valence-corrected chi connectivity index (χ0v) is 12.6. The van der Waals surface area contributed by atoms with Gasteiger partial charge in [0.1, 0.15) is 5.75 Å². The van der Waals surface area contributed by atoms with Gasteiger partial charge < -0.3 is 15.2 Å². The monoisotopic (exact) mass is 315 g/mol. The molecule has 0 unspecified atom stereocenters. The lowest BCUT2D eigenvalue weighted by atomic mass is 10.2. The Bertz CT molecular complexity index is 638. The third-order valence-electron chi connectivity index (χ3n) is 2.70. The first-order chi connectivity index (χ1) is 9.75. The fraction of sp³-hybridized carbons (Fsp3) is 0.385. The van der Waals surface area contributed by atoms with Gasteiger partial charge in [0.05, 0.1) is 17.6 Å². The smallest absolute Gasteiger partial charge is 0.303 e. The van der Waals surface area contributed by atoms with Crippen molar-refractivity contribution < 1.29 is 27.9 Å². The minimum Gasteiger partial charge on any atom is -0.496 e. The molecule has 0 saturated carbocycles. The fourth-order valence-electron chi connectivity index (χ4n) is 1.63. The number of methoxy groups -OCH3 is 1. The van der Waals surface area contributed by atoms with Gasteiger partial charge in [-0.3, -0.25) is 9.59 Å². The zero-order valence-electron chi connectivity index (χ0n) is 11.8. The first-order valence-corrected chi connectivity index (χ1v) is 8.03. The van der Waals surface area contributed by atoms with E-state index in [4.69, 9.17) is 9.84 Å². The number of nitrogens with one attached hydrogen (secondary N) is 1. The summed E-state index contributed by atoms with van der Waals surface area (Å²) in [5, 5.41) is 11.0. The lowest BCUT2D eigenvalue weighted by molar-refractivity contribution is -0.137. The predicted octanol–water partition coefficient (Wildman–Crippen LogP) is 0.693. The van der Waals surface area contributed by atoms with Crippen LogP contribution in [-0.2, 0) is 14.6 Å². The summed E-state index contributed by atoms with van der Waals surface area (Å²) in [5.41, 5.74) is 0.0933. The van der Waals surface area contributed by atoms with E-state index in [1.165, 1.54) is 25.3 Å². The maximum atomic E-state index is 12.0. The second kappa shape index (κ2) is 7.07. The van der Waals surface area contributed by atoms with E-state index in [1.807, 2.05) is 0 Å². The van der Waals surface area contributed by atoms with Crippen molar-refractivity contribution in [2.75, 3.05) is 19.9 Å². The largest absolute Gasteiger partial charge is 0.496 e. The molecule has 116 valence electrons. The molecule has 8 heteroatoms. The SMILES string of the molecule is COc1ccc(S(C)(=O)=O)cc1C(=O)NCCCC(=O)O. The third kappa shape index (κ3) is 5.07. The quantitative estimate of drug-likeness (QED) is 0.717. The van der Waals surface area contributed by atoms with Crippen LogP contribution in [-0.4, -0.2) is 45.3 Å². The van der Waals surface area contributed by atoms with Gasteiger partial charge in [0.2, 0.25) is 0 Å². The average Bonchev–Trinajstić information content (AvgIpc) is 2.41. The Balaban J connectivity index is 2.89. The van der Waals surface area contributed by atoms with Gasteiger partial charge in [-0.1, -0.05) is 0 Å². The van der Waals surface area contributed by atoms with E-state index in [9.17, 15) is 18.0 Å². The third-order valence-corrected chi connectivity index (χ3v) is 3.81. The number of ether oxygens (including phenoxy) is 1. The van der Waals surface area contributed by atoms with Crippen LogP contribution in [0.3, 0.4) is 0 Å². The number of carbonyl (C=O) groups is 2. The first-order valence-electron chi connectivity index (χ1n) is 6.14. The molecule has 0 radical (unpaired) electrons. The fourth-order valence-corrected chi connectivity index (χ4v) is 2.28. The number of sulfone groups is 1. The van der Waals surface area contributed by atoms with Crippen molar-refractivity contribution in [1.29, 1.82) is 0 Å². The Morgan fingerprint density at radius 1 is 1.33 bits per heavy atom. The zero-order chi connectivity index (χ0) is 16.0. The molecule has 1 rings (SSSR count). The van der Waals surface area contributed by atoms with Crippen molar-refractivity contribution in [3.63, 3.8) is 0 Å². The van der Waals surface area contributed by atoms with Crippen molar-refractivity contribution in [3.8, 4) is 5.75 Å². The van der Waals surface area contributed by atoms with Gasteiger partial charge in [0.25, 0.3) is 5.91 Å². The van der Waals surface area contributed by atoms with Crippen LogP contribution < -0.4 is 10.1 Å². The number of hydrogen-bond acceptors (Lipinski definition) is 5. The van der Waals surface area contributed by atoms with Crippen molar-refractivity contribution in [1.82, 2.24) is 5.32 Å². The molecule has 0 spiro atoms. The molecule has 1 aromatic carbocycles. The number of hydrogen-bond donors (Lipinski definition) is 2. The highest BCUT2D eigenvalue weighted by atomic mass is 32.2. The second-order valence-corrected chi connectivity index (χ2v) is 6.40. The number of benzene rings is 1. The van der Waals surface area contributed by atoms with E-state index >= 15 is 0 Å². The normalized spacial score (nSPS) is 11.0. The summed E-state index contributed by atoms with van der Waals surface area (Å²) in [6, 6.07) is 4.00. The molecular weight excluding hydrogens is 298 g/mol. The summed E-state index contributed by atoms with van der Waals surface area (Å²) in [7, 11) is -2.06. The number of carbonyl (C=O) groups excluding carboxylic acids is 1. The minimum absolute atomic E-state index is 0.0129. The van der Waals surface area contributed by atoms with Crippen molar-refractivity contribution in [3.05, 3.63) is 23.8 Å². The summed E-state index contributed by atoms with van der Waals surface area (Å²) >= 11 is 0. The van der Waals surface area contributed by atoms with Crippen LogP contribution in [0.4, 0.5) is 0 Å². The van der Waals surface area contributed by atoms with E-state index < -0.39 is 21.7 Å². The van der Waals surface area contributed by atoms with E-state index in [0.29, 0.717) is 0 Å². The minimum atomic E-state index is -3.43. The molecule has 7 nitrogen and oxygen atoms in total. The molecule has 2 N–H and O–H groups in total. The molecule has 0 heterocycles. The highest BCUT2D eigenvalue weighted by Crippen LogP contribution is 2.22. The Kier molecular flexibility index (Phi) is 5.71. The molecule has 0 bridgehead atoms. The molecule has 0 saturated heterocycles. The number of aliphatic carboxylic acids is 1. The predicted molar refractivity (Wildman–Crippen MR) is 75.3 cm³/mol. The Morgan fingerprint density at radius 3 is 2.52 bits per heavy atom. The van der Waals surface area contributed by atoms with E-state index in [-0.39, 0.29) is 35.6 Å². The van der Waals surface area contributed by atoms with Gasteiger partial charge in [0.15, 0.2) is 9.84 Å². The molecule has 0 fully saturated rings. The summed E-state index contributed by atoms with van der Waals surface area (Å²) in [5.74, 6) is -1.21. The van der Waals surface area contributed by atoms with Crippen LogP contribution in [0.5, 0.6) is 5.75 Å². The second-order valence-electron chi connectivity index (χ2n) is 4.39. The molecule has 0 aliphatic carbocycles. The van der Waals surface area contributed by atoms with Crippen LogP contribution in [0.2, 0.25) is 0 Å². The molecule has 1 amide bonds. The maximum absolute atomic E-state index is 12.0. The topological polar surface area (TPSA) is 110 Å². The molecule has 0 aromatic heterocycles. The van der Waals surface area contributed by atoms with Crippen LogP contribution in [0.25, 0.3) is 0 Å². The number of carboxylic acids is 1. The summed E-state index contributed by atoms with van der Waals surface area (Å²) in [4.78, 5) is 22.4. The van der Waals surface area contributed by atoms with Crippen LogP contribution in [0.1, 0.15) is 23.2 Å². The van der Waals surface area contributed by atoms with E-state index in [0.717, 1.165) is 6.26 Å². The highest BCUT2D eigenvalue weighted by molar-refractivity contribution is 7.90. The van der Waals surface area contributed by atoms with Gasteiger partial charge in [-0.05, 0) is 24.6 Å². The lowest BCUT2D eigenvalue weighted by Crippen LogP contribution is -2.25. The molecule has 1 aromatic rings. The Hall–Kier alpha value is -2.09. The molecule has 0 aliphatic rings. The van der Waals surface area contributed by atoms with Gasteiger partial charge in [0, 0.05) is 19.2 Å². The number of rotatable bonds is 7. The highest BCUT2D eigenvalue weighted by Gasteiger charge is 2.16. The lowest BCUT2D eigenvalue weighted by Gasteiger charge is -2.10. The van der Waals surface area contributed by atoms with Gasteiger partial charge >= 0.3 is 5.97 Å². The average molecular weight is 315 g/mol. The Labute approximate surface area is 122 Å². The van der Waals surface area contributed by atoms with Crippen molar-refractivity contribution >= 4 is 21.7 Å². The van der Waals surface area contributed by atoms with Gasteiger partial charge in [-0.15, -0.1) is 0 Å². The van der Waals surface area contributed by atoms with E-state index in [2.05, 4.69) is 5.32 Å². The molecular formula is C13H17NO6S. The molecule has 0 atom stereocenters. The van der Waals surface area contributed by atoms with Crippen LogP contribution in [0, 0.1) is 0 Å². The van der Waals surface area contributed by atoms with Gasteiger partial charge in [-0.2, -0.15) is 0 Å². The molecule has 21 heavy (non-hydrogen) atoms. The number of carboxylic acid groups (broad SMARTS) is 1. The van der Waals surface area contributed by atoms with Crippen molar-refractivity contribution in [2.24, 2.45) is 0 Å². The summed E-state index contributed by atoms with van der Waals surface area (Å²) in [6.45, 7) is 0.178. The summed E-state index contributed by atoms with van der Waals surface area (Å²) in [6.07, 6.45) is 1.28.